The van der Waals surface area contributed by atoms with Gasteiger partial charge in [-0.25, -0.2) is 0 Å². The van der Waals surface area contributed by atoms with E-state index < -0.39 is 0 Å². The Bertz CT molecular complexity index is 198. The van der Waals surface area contributed by atoms with Gasteiger partial charge in [-0.2, -0.15) is 4.57 Å². The monoisotopic (exact) mass is 191 g/mol. The van der Waals surface area contributed by atoms with Crippen LogP contribution in [0.3, 0.4) is 0 Å². The first kappa shape index (κ1) is 10.9. The van der Waals surface area contributed by atoms with Gasteiger partial charge < -0.3 is 12.4 Å². The molecule has 0 aliphatic carbocycles. The average molecular weight is 192 g/mol. The topological polar surface area (TPSA) is 3.88 Å². The normalized spacial score (nSPS) is 9.27. The first-order chi connectivity index (χ1) is 4.84. The number of thiazole rings is 1. The summed E-state index contributed by atoms with van der Waals surface area (Å²) in [6.07, 6.45) is 2.57. The van der Waals surface area contributed by atoms with Crippen molar-refractivity contribution in [3.8, 4) is 0 Å². The maximum atomic E-state index is 2.31. The molecule has 11 heavy (non-hydrogen) atoms. The van der Waals surface area contributed by atoms with Crippen molar-refractivity contribution in [1.29, 1.82) is 0 Å². The third-order valence-corrected chi connectivity index (χ3v) is 2.49. The quantitative estimate of drug-likeness (QED) is 0.549. The molecule has 0 aliphatic rings. The maximum absolute atomic E-state index is 2.31. The van der Waals surface area contributed by atoms with Crippen LogP contribution in [-0.2, 0) is 6.54 Å². The summed E-state index contributed by atoms with van der Waals surface area (Å²) in [6.45, 7) is 5.57. The Labute approximate surface area is 78.5 Å². The van der Waals surface area contributed by atoms with Gasteiger partial charge in [0, 0.05) is 13.3 Å². The molecule has 1 heterocycles. The van der Waals surface area contributed by atoms with Gasteiger partial charge in [-0.05, 0) is 0 Å². The Balaban J connectivity index is 0.000001000. The summed E-state index contributed by atoms with van der Waals surface area (Å²) >= 11 is 1.78. The summed E-state index contributed by atoms with van der Waals surface area (Å²) in [5, 5.41) is 2.19. The second-order valence-electron chi connectivity index (χ2n) is 2.55. The van der Waals surface area contributed by atoms with E-state index in [-0.39, 0.29) is 12.4 Å². The van der Waals surface area contributed by atoms with Gasteiger partial charge in [-0.15, -0.1) is 0 Å². The number of rotatable bonds is 3. The molecule has 0 N–H and O–H groups in total. The number of hydrogen-bond acceptors (Lipinski definition) is 1. The Morgan fingerprint density at radius 3 is 2.73 bits per heavy atom. The molecule has 0 aliphatic heterocycles. The van der Waals surface area contributed by atoms with Crippen LogP contribution < -0.4 is 17.0 Å². The molecule has 3 heteroatoms. The van der Waals surface area contributed by atoms with Crippen molar-refractivity contribution in [2.24, 2.45) is 0 Å². The third-order valence-electron chi connectivity index (χ3n) is 1.63. The molecule has 0 radical (unpaired) electrons. The molecule has 64 valence electrons. The first-order valence-corrected chi connectivity index (χ1v) is 4.71. The zero-order chi connectivity index (χ0) is 7.40. The van der Waals surface area contributed by atoms with Gasteiger partial charge in [-0.3, -0.25) is 0 Å². The van der Waals surface area contributed by atoms with Crippen LogP contribution in [0.5, 0.6) is 0 Å². The molecule has 0 bridgehead atoms. The minimum absolute atomic E-state index is 0. The summed E-state index contributed by atoms with van der Waals surface area (Å²) in [5.41, 5.74) is 3.57. The fourth-order valence-corrected chi connectivity index (χ4v) is 1.72. The summed E-state index contributed by atoms with van der Waals surface area (Å²) in [6, 6.07) is 0. The molecule has 0 fully saturated rings. The number of aromatic nitrogens is 1. The van der Waals surface area contributed by atoms with Gasteiger partial charge in [0.25, 0.3) is 0 Å². The highest BCUT2D eigenvalue weighted by atomic mass is 35.5. The lowest BCUT2D eigenvalue weighted by Gasteiger charge is -1.90. The molecular weight excluding hydrogens is 178 g/mol. The van der Waals surface area contributed by atoms with Crippen molar-refractivity contribution < 1.29 is 17.0 Å². The minimum Gasteiger partial charge on any atom is -1.00 e. The maximum Gasteiger partial charge on any atom is 0.224 e. The van der Waals surface area contributed by atoms with E-state index in [1.54, 1.807) is 11.3 Å². The van der Waals surface area contributed by atoms with Crippen molar-refractivity contribution in [2.75, 3.05) is 0 Å². The van der Waals surface area contributed by atoms with Crippen LogP contribution in [0.1, 0.15) is 25.5 Å². The smallest absolute Gasteiger partial charge is 0.224 e. The summed E-state index contributed by atoms with van der Waals surface area (Å²) in [5.74, 6) is 0. The fraction of sp³-hybridized carbons (Fsp3) is 0.625. The first-order valence-electron chi connectivity index (χ1n) is 3.77. The molecule has 1 aromatic heterocycles. The minimum atomic E-state index is 0. The van der Waals surface area contributed by atoms with Crippen molar-refractivity contribution in [3.63, 3.8) is 0 Å². The average Bonchev–Trinajstić information content (AvgIpc) is 2.31. The molecule has 0 aromatic carbocycles. The summed E-state index contributed by atoms with van der Waals surface area (Å²) in [4.78, 5) is 0. The van der Waals surface area contributed by atoms with E-state index in [0.717, 1.165) is 0 Å². The van der Waals surface area contributed by atoms with E-state index in [1.165, 1.54) is 25.1 Å². The number of aryl methyl sites for hydroxylation is 2. The number of hydrogen-bond donors (Lipinski definition) is 0. The molecule has 1 rings (SSSR count). The van der Waals surface area contributed by atoms with E-state index in [2.05, 4.69) is 29.3 Å². The van der Waals surface area contributed by atoms with Gasteiger partial charge in [0.05, 0.1) is 5.38 Å². The second kappa shape index (κ2) is 5.56. The highest BCUT2D eigenvalue weighted by Crippen LogP contribution is 1.97. The van der Waals surface area contributed by atoms with Gasteiger partial charge >= 0.3 is 0 Å². The fourth-order valence-electron chi connectivity index (χ4n) is 0.911. The van der Waals surface area contributed by atoms with E-state index in [9.17, 15) is 0 Å². The molecular formula is C8H14ClNS. The lowest BCUT2D eigenvalue weighted by atomic mass is 10.3. The van der Waals surface area contributed by atoms with E-state index in [1.807, 2.05) is 0 Å². The van der Waals surface area contributed by atoms with Crippen molar-refractivity contribution in [1.82, 2.24) is 0 Å². The van der Waals surface area contributed by atoms with Crippen LogP contribution in [0, 0.1) is 6.92 Å². The van der Waals surface area contributed by atoms with Gasteiger partial charge in [0.1, 0.15) is 6.54 Å². The Kier molecular flexibility index (Phi) is 5.51. The molecule has 0 amide bonds. The van der Waals surface area contributed by atoms with Crippen LogP contribution in [0.15, 0.2) is 10.9 Å². The molecule has 0 saturated heterocycles. The zero-order valence-corrected chi connectivity index (χ0v) is 8.58. The van der Waals surface area contributed by atoms with E-state index in [4.69, 9.17) is 0 Å². The van der Waals surface area contributed by atoms with Gasteiger partial charge in [0.2, 0.25) is 5.51 Å². The van der Waals surface area contributed by atoms with Crippen LogP contribution in [0.4, 0.5) is 0 Å². The second-order valence-corrected chi connectivity index (χ2v) is 3.27. The molecule has 1 nitrogen and oxygen atoms in total. The molecule has 1 aromatic rings. The van der Waals surface area contributed by atoms with Crippen molar-refractivity contribution >= 4 is 11.3 Å². The van der Waals surface area contributed by atoms with Crippen LogP contribution in [0.25, 0.3) is 0 Å². The predicted octanol–water partition coefficient (Wildman–Crippen LogP) is -0.852. The predicted molar refractivity (Wildman–Crippen MR) is 44.2 cm³/mol. The van der Waals surface area contributed by atoms with Crippen molar-refractivity contribution in [2.45, 2.75) is 33.2 Å². The molecule has 0 atom stereocenters. The largest absolute Gasteiger partial charge is 1.00 e. The number of unbranched alkanes of at least 4 members (excludes halogenated alkanes) is 1. The van der Waals surface area contributed by atoms with Crippen LogP contribution in [-0.4, -0.2) is 0 Å². The Morgan fingerprint density at radius 1 is 1.55 bits per heavy atom. The Morgan fingerprint density at radius 2 is 2.27 bits per heavy atom. The highest BCUT2D eigenvalue weighted by Gasteiger charge is 2.03. The van der Waals surface area contributed by atoms with Crippen molar-refractivity contribution in [3.05, 3.63) is 16.6 Å². The highest BCUT2D eigenvalue weighted by molar-refractivity contribution is 7.07. The van der Waals surface area contributed by atoms with E-state index >= 15 is 0 Å². The van der Waals surface area contributed by atoms with Crippen LogP contribution in [0.2, 0.25) is 0 Å². The molecule has 0 unspecified atom stereocenters. The number of nitrogens with zero attached hydrogens (tertiary/aromatic N) is 1. The summed E-state index contributed by atoms with van der Waals surface area (Å²) in [7, 11) is 0. The van der Waals surface area contributed by atoms with Gasteiger partial charge in [-0.1, -0.05) is 24.7 Å². The SMILES string of the molecule is CCCC[n+]1cscc1C.[Cl-]. The lowest BCUT2D eigenvalue weighted by molar-refractivity contribution is -0.698. The zero-order valence-electron chi connectivity index (χ0n) is 7.01. The third kappa shape index (κ3) is 3.21. The lowest BCUT2D eigenvalue weighted by Crippen LogP contribution is -3.00. The molecule has 0 spiro atoms. The standard InChI is InChI=1S/C8H14NS.ClH/c1-3-4-5-9-7-10-6-8(9)2;/h6-7H,3-5H2,1-2H3;1H/q+1;/p-1. The van der Waals surface area contributed by atoms with Gasteiger partial charge in [0.15, 0.2) is 5.69 Å². The Hall–Kier alpha value is -0.0800. The summed E-state index contributed by atoms with van der Waals surface area (Å²) < 4.78 is 2.31. The number of halogens is 1. The molecule has 0 saturated carbocycles. The van der Waals surface area contributed by atoms with E-state index in [0.29, 0.717) is 0 Å². The van der Waals surface area contributed by atoms with Crippen LogP contribution >= 0.6 is 11.3 Å².